The van der Waals surface area contributed by atoms with Crippen molar-refractivity contribution in [2.45, 2.75) is 13.2 Å². The van der Waals surface area contributed by atoms with E-state index in [4.69, 9.17) is 4.74 Å². The van der Waals surface area contributed by atoms with E-state index in [9.17, 15) is 9.30 Å². The second kappa shape index (κ2) is 5.91. The first-order chi connectivity index (χ1) is 8.78. The summed E-state index contributed by atoms with van der Waals surface area (Å²) in [5.74, 6) is 0.400. The van der Waals surface area contributed by atoms with Crippen LogP contribution in [-0.4, -0.2) is 0 Å². The van der Waals surface area contributed by atoms with Crippen molar-refractivity contribution in [1.82, 2.24) is 0 Å². The predicted molar refractivity (Wildman–Crippen MR) is 66.7 cm³/mol. The summed E-state index contributed by atoms with van der Waals surface area (Å²) in [6.07, 6.45) is 0. The lowest BCUT2D eigenvalue weighted by atomic mass is 10.2. The molecule has 0 fully saturated rings. The SMILES string of the molecule is O=NCc1ccc(OCc2cccc(F)c2)cc1. The Labute approximate surface area is 104 Å². The summed E-state index contributed by atoms with van der Waals surface area (Å²) in [7, 11) is 0. The highest BCUT2D eigenvalue weighted by Gasteiger charge is 1.98. The summed E-state index contributed by atoms with van der Waals surface area (Å²) in [4.78, 5) is 10.1. The van der Waals surface area contributed by atoms with E-state index < -0.39 is 0 Å². The third-order valence-corrected chi connectivity index (χ3v) is 2.47. The fourth-order valence-corrected chi connectivity index (χ4v) is 1.56. The highest BCUT2D eigenvalue weighted by atomic mass is 19.1. The molecule has 3 nitrogen and oxygen atoms in total. The van der Waals surface area contributed by atoms with Gasteiger partial charge in [0.2, 0.25) is 0 Å². The lowest BCUT2D eigenvalue weighted by molar-refractivity contribution is 0.305. The lowest BCUT2D eigenvalue weighted by Gasteiger charge is -2.06. The monoisotopic (exact) mass is 245 g/mol. The minimum atomic E-state index is -0.275. The molecule has 0 aliphatic heterocycles. The maximum absolute atomic E-state index is 12.9. The standard InChI is InChI=1S/C14H12FNO2/c15-13-3-1-2-12(8-13)10-18-14-6-4-11(5-7-14)9-16-17/h1-8H,9-10H2. The number of ether oxygens (including phenoxy) is 1. The van der Waals surface area contributed by atoms with E-state index in [1.807, 2.05) is 0 Å². The van der Waals surface area contributed by atoms with E-state index in [1.165, 1.54) is 12.1 Å². The summed E-state index contributed by atoms with van der Waals surface area (Å²) in [6.45, 7) is 0.465. The van der Waals surface area contributed by atoms with Gasteiger partial charge in [-0.15, -0.1) is 0 Å². The molecule has 0 amide bonds. The zero-order valence-corrected chi connectivity index (χ0v) is 9.67. The highest BCUT2D eigenvalue weighted by Crippen LogP contribution is 2.15. The van der Waals surface area contributed by atoms with Crippen LogP contribution < -0.4 is 4.74 Å². The number of benzene rings is 2. The molecule has 2 aromatic rings. The van der Waals surface area contributed by atoms with Crippen LogP contribution in [0.3, 0.4) is 0 Å². The van der Waals surface area contributed by atoms with Gasteiger partial charge in [-0.05, 0) is 35.4 Å². The van der Waals surface area contributed by atoms with Crippen LogP contribution >= 0.6 is 0 Å². The molecule has 2 aromatic carbocycles. The van der Waals surface area contributed by atoms with E-state index >= 15 is 0 Å². The van der Waals surface area contributed by atoms with E-state index in [1.54, 1.807) is 36.4 Å². The second-order valence-corrected chi connectivity index (χ2v) is 3.85. The molecule has 0 saturated heterocycles. The zero-order valence-electron chi connectivity index (χ0n) is 9.67. The lowest BCUT2D eigenvalue weighted by Crippen LogP contribution is -1.95. The van der Waals surface area contributed by atoms with Crippen LogP contribution in [0.4, 0.5) is 4.39 Å². The first-order valence-corrected chi connectivity index (χ1v) is 5.53. The summed E-state index contributed by atoms with van der Waals surface area (Å²) in [5.41, 5.74) is 1.61. The number of nitrogens with zero attached hydrogens (tertiary/aromatic N) is 1. The van der Waals surface area contributed by atoms with Crippen LogP contribution in [0.25, 0.3) is 0 Å². The van der Waals surface area contributed by atoms with Gasteiger partial charge in [-0.25, -0.2) is 4.39 Å². The average molecular weight is 245 g/mol. The van der Waals surface area contributed by atoms with Crippen molar-refractivity contribution in [1.29, 1.82) is 0 Å². The van der Waals surface area contributed by atoms with E-state index in [-0.39, 0.29) is 12.4 Å². The second-order valence-electron chi connectivity index (χ2n) is 3.85. The van der Waals surface area contributed by atoms with Crippen molar-refractivity contribution in [2.75, 3.05) is 0 Å². The Hall–Kier alpha value is -2.23. The van der Waals surface area contributed by atoms with Gasteiger partial charge in [-0.1, -0.05) is 29.4 Å². The van der Waals surface area contributed by atoms with Crippen molar-refractivity contribution in [2.24, 2.45) is 5.18 Å². The fraction of sp³-hybridized carbons (Fsp3) is 0.143. The molecule has 0 bridgehead atoms. The molecular formula is C14H12FNO2. The Morgan fingerprint density at radius 2 is 1.83 bits per heavy atom. The maximum Gasteiger partial charge on any atom is 0.123 e. The Morgan fingerprint density at radius 3 is 2.50 bits per heavy atom. The van der Waals surface area contributed by atoms with Crippen molar-refractivity contribution in [3.05, 3.63) is 70.4 Å². The minimum absolute atomic E-state index is 0.157. The van der Waals surface area contributed by atoms with Gasteiger partial charge < -0.3 is 4.74 Å². The summed E-state index contributed by atoms with van der Waals surface area (Å²) < 4.78 is 18.4. The summed E-state index contributed by atoms with van der Waals surface area (Å²) in [5, 5.41) is 2.81. The molecule has 0 aliphatic rings. The number of rotatable bonds is 5. The molecule has 0 aromatic heterocycles. The van der Waals surface area contributed by atoms with Crippen LogP contribution in [0.15, 0.2) is 53.7 Å². The van der Waals surface area contributed by atoms with Crippen LogP contribution in [-0.2, 0) is 13.2 Å². The van der Waals surface area contributed by atoms with Gasteiger partial charge in [0.15, 0.2) is 0 Å². The molecule has 0 saturated carbocycles. The van der Waals surface area contributed by atoms with Gasteiger partial charge in [0.1, 0.15) is 24.7 Å². The molecule has 0 aliphatic carbocycles. The first-order valence-electron chi connectivity index (χ1n) is 5.53. The van der Waals surface area contributed by atoms with Crippen molar-refractivity contribution in [3.8, 4) is 5.75 Å². The highest BCUT2D eigenvalue weighted by molar-refractivity contribution is 5.27. The van der Waals surface area contributed by atoms with Gasteiger partial charge >= 0.3 is 0 Å². The van der Waals surface area contributed by atoms with Gasteiger partial charge in [0.05, 0.1) is 0 Å². The number of hydrogen-bond acceptors (Lipinski definition) is 3. The summed E-state index contributed by atoms with van der Waals surface area (Å²) in [6, 6.07) is 13.4. The zero-order chi connectivity index (χ0) is 12.8. The molecule has 0 radical (unpaired) electrons. The predicted octanol–water partition coefficient (Wildman–Crippen LogP) is 3.67. The molecule has 0 atom stereocenters. The quantitative estimate of drug-likeness (QED) is 0.754. The van der Waals surface area contributed by atoms with Crippen LogP contribution in [0.1, 0.15) is 11.1 Å². The van der Waals surface area contributed by atoms with Gasteiger partial charge in [-0.3, -0.25) is 0 Å². The number of halogens is 1. The Morgan fingerprint density at radius 1 is 1.06 bits per heavy atom. The van der Waals surface area contributed by atoms with Crippen molar-refractivity contribution in [3.63, 3.8) is 0 Å². The van der Waals surface area contributed by atoms with Gasteiger partial charge in [0, 0.05) is 0 Å². The fourth-order valence-electron chi connectivity index (χ4n) is 1.56. The van der Waals surface area contributed by atoms with Crippen LogP contribution in [0, 0.1) is 10.7 Å². The third kappa shape index (κ3) is 3.38. The smallest absolute Gasteiger partial charge is 0.123 e. The Bertz CT molecular complexity index is 526. The Balaban J connectivity index is 1.95. The normalized spacial score (nSPS) is 10.1. The number of nitroso groups, excluding NO2 is 1. The molecule has 0 heterocycles. The van der Waals surface area contributed by atoms with Gasteiger partial charge in [-0.2, -0.15) is 4.91 Å². The van der Waals surface area contributed by atoms with E-state index in [2.05, 4.69) is 5.18 Å². The van der Waals surface area contributed by atoms with E-state index in [0.717, 1.165) is 11.1 Å². The molecule has 0 unspecified atom stereocenters. The largest absolute Gasteiger partial charge is 0.489 e. The topological polar surface area (TPSA) is 38.7 Å². The maximum atomic E-state index is 12.9. The molecule has 2 rings (SSSR count). The number of hydrogen-bond donors (Lipinski definition) is 0. The summed E-state index contributed by atoms with van der Waals surface area (Å²) >= 11 is 0. The average Bonchev–Trinajstić information content (AvgIpc) is 2.38. The van der Waals surface area contributed by atoms with E-state index in [0.29, 0.717) is 12.4 Å². The van der Waals surface area contributed by atoms with Crippen LogP contribution in [0.2, 0.25) is 0 Å². The molecule has 0 spiro atoms. The first kappa shape index (κ1) is 12.2. The van der Waals surface area contributed by atoms with Crippen LogP contribution in [0.5, 0.6) is 5.75 Å². The van der Waals surface area contributed by atoms with Crippen molar-refractivity contribution < 1.29 is 9.13 Å². The molecular weight excluding hydrogens is 233 g/mol. The molecule has 0 N–H and O–H groups in total. The molecule has 4 heteroatoms. The minimum Gasteiger partial charge on any atom is -0.489 e. The van der Waals surface area contributed by atoms with Crippen molar-refractivity contribution >= 4 is 0 Å². The van der Waals surface area contributed by atoms with Gasteiger partial charge in [0.25, 0.3) is 0 Å². The Kier molecular flexibility index (Phi) is 4.02. The molecule has 92 valence electrons. The third-order valence-electron chi connectivity index (χ3n) is 2.47. The molecule has 18 heavy (non-hydrogen) atoms.